The van der Waals surface area contributed by atoms with E-state index < -0.39 is 7.14 Å². The third kappa shape index (κ3) is 3.81. The molecule has 0 aliphatic rings. The lowest BCUT2D eigenvalue weighted by Crippen LogP contribution is -2.12. The fraction of sp³-hybridized carbons (Fsp3) is 0.294. The van der Waals surface area contributed by atoms with Crippen molar-refractivity contribution >= 4 is 12.4 Å². The third-order valence-electron chi connectivity index (χ3n) is 3.17. The molecular formula is C17H21OP. The van der Waals surface area contributed by atoms with Gasteiger partial charge in [-0.25, -0.2) is 0 Å². The maximum Gasteiger partial charge on any atom is 0.120 e. The Morgan fingerprint density at radius 1 is 0.895 bits per heavy atom. The molecule has 2 aromatic rings. The molecule has 0 bridgehead atoms. The van der Waals surface area contributed by atoms with Gasteiger partial charge in [-0.15, -0.1) is 0 Å². The molecule has 0 amide bonds. The molecule has 0 N–H and O–H groups in total. The van der Waals surface area contributed by atoms with Crippen LogP contribution in [0.5, 0.6) is 0 Å². The van der Waals surface area contributed by atoms with Gasteiger partial charge in [-0.1, -0.05) is 74.5 Å². The van der Waals surface area contributed by atoms with E-state index in [1.807, 2.05) is 48.5 Å². The number of benzene rings is 2. The molecule has 0 fully saturated rings. The standard InChI is InChI=1S/C17H21OP/c1-15(2)13-19(18,17-11-7-4-8-12-17)14-16-9-5-3-6-10-16/h3-12,15H,13-14H2,1-2H3. The quantitative estimate of drug-likeness (QED) is 0.731. The third-order valence-corrected chi connectivity index (χ3v) is 6.60. The Morgan fingerprint density at radius 2 is 1.42 bits per heavy atom. The first kappa shape index (κ1) is 14.1. The van der Waals surface area contributed by atoms with Crippen molar-refractivity contribution in [2.75, 3.05) is 6.16 Å². The minimum atomic E-state index is -2.35. The molecule has 2 aromatic carbocycles. The van der Waals surface area contributed by atoms with Gasteiger partial charge in [-0.2, -0.15) is 0 Å². The van der Waals surface area contributed by atoms with E-state index in [4.69, 9.17) is 0 Å². The summed E-state index contributed by atoms with van der Waals surface area (Å²) in [5.74, 6) is 0.440. The van der Waals surface area contributed by atoms with E-state index in [2.05, 4.69) is 26.0 Å². The molecule has 0 heterocycles. The van der Waals surface area contributed by atoms with Crippen LogP contribution >= 0.6 is 7.14 Å². The van der Waals surface area contributed by atoms with E-state index in [0.29, 0.717) is 12.1 Å². The summed E-state index contributed by atoms with van der Waals surface area (Å²) < 4.78 is 13.4. The Labute approximate surface area is 116 Å². The van der Waals surface area contributed by atoms with Gasteiger partial charge in [0.05, 0.1) is 0 Å². The van der Waals surface area contributed by atoms with E-state index in [1.54, 1.807) is 0 Å². The van der Waals surface area contributed by atoms with Crippen LogP contribution in [-0.2, 0) is 10.7 Å². The van der Waals surface area contributed by atoms with Gasteiger partial charge in [-0.05, 0) is 11.5 Å². The summed E-state index contributed by atoms with van der Waals surface area (Å²) in [4.78, 5) is 0. The van der Waals surface area contributed by atoms with Gasteiger partial charge in [0.1, 0.15) is 7.14 Å². The first-order valence-corrected chi connectivity index (χ1v) is 8.85. The van der Waals surface area contributed by atoms with Gasteiger partial charge in [0, 0.05) is 17.6 Å². The maximum atomic E-state index is 13.4. The summed E-state index contributed by atoms with van der Waals surface area (Å²) in [5, 5.41) is 1.01. The van der Waals surface area contributed by atoms with Crippen LogP contribution in [0.3, 0.4) is 0 Å². The topological polar surface area (TPSA) is 17.1 Å². The Hall–Kier alpha value is -1.33. The summed E-state index contributed by atoms with van der Waals surface area (Å²) in [6.07, 6.45) is 1.43. The molecule has 0 radical (unpaired) electrons. The lowest BCUT2D eigenvalue weighted by molar-refractivity contribution is 0.571. The highest BCUT2D eigenvalue weighted by molar-refractivity contribution is 7.70. The lowest BCUT2D eigenvalue weighted by Gasteiger charge is -2.21. The molecule has 2 heteroatoms. The van der Waals surface area contributed by atoms with Crippen molar-refractivity contribution in [3.05, 3.63) is 66.2 Å². The fourth-order valence-electron chi connectivity index (χ4n) is 2.43. The Balaban J connectivity index is 2.33. The van der Waals surface area contributed by atoms with Crippen LogP contribution < -0.4 is 5.30 Å². The maximum absolute atomic E-state index is 13.4. The molecule has 0 spiro atoms. The molecule has 100 valence electrons. The average molecular weight is 272 g/mol. The average Bonchev–Trinajstić information content (AvgIpc) is 2.40. The molecule has 0 aliphatic heterocycles. The van der Waals surface area contributed by atoms with Gasteiger partial charge in [-0.3, -0.25) is 0 Å². The van der Waals surface area contributed by atoms with Crippen LogP contribution in [0.15, 0.2) is 60.7 Å². The van der Waals surface area contributed by atoms with Gasteiger partial charge < -0.3 is 4.57 Å². The van der Waals surface area contributed by atoms with Crippen molar-refractivity contribution in [3.8, 4) is 0 Å². The Morgan fingerprint density at radius 3 is 1.95 bits per heavy atom. The zero-order chi connectivity index (χ0) is 13.7. The lowest BCUT2D eigenvalue weighted by atomic mass is 10.2. The number of hydrogen-bond donors (Lipinski definition) is 0. The molecule has 0 saturated carbocycles. The molecule has 2 rings (SSSR count). The van der Waals surface area contributed by atoms with Crippen LogP contribution in [0.1, 0.15) is 19.4 Å². The fourth-order valence-corrected chi connectivity index (χ4v) is 5.65. The van der Waals surface area contributed by atoms with Crippen LogP contribution in [-0.4, -0.2) is 6.16 Å². The molecule has 1 atom stereocenters. The number of hydrogen-bond acceptors (Lipinski definition) is 1. The van der Waals surface area contributed by atoms with Gasteiger partial charge in [0.2, 0.25) is 0 Å². The molecule has 1 nitrogen and oxygen atoms in total. The molecule has 1 unspecified atom stereocenters. The first-order valence-electron chi connectivity index (χ1n) is 6.78. The van der Waals surface area contributed by atoms with Crippen LogP contribution in [0.25, 0.3) is 0 Å². The Kier molecular flexibility index (Phi) is 4.61. The highest BCUT2D eigenvalue weighted by atomic mass is 31.2. The van der Waals surface area contributed by atoms with E-state index in [1.165, 1.54) is 0 Å². The van der Waals surface area contributed by atoms with Crippen molar-refractivity contribution in [2.45, 2.75) is 20.0 Å². The van der Waals surface area contributed by atoms with E-state index in [0.717, 1.165) is 17.0 Å². The van der Waals surface area contributed by atoms with Crippen LogP contribution in [0.2, 0.25) is 0 Å². The van der Waals surface area contributed by atoms with Crippen LogP contribution in [0, 0.1) is 5.92 Å². The number of rotatable bonds is 5. The molecule has 0 aromatic heterocycles. The Bertz CT molecular complexity index is 546. The first-order chi connectivity index (χ1) is 9.10. The van der Waals surface area contributed by atoms with E-state index in [-0.39, 0.29) is 0 Å². The predicted molar refractivity (Wildman–Crippen MR) is 83.5 cm³/mol. The van der Waals surface area contributed by atoms with Gasteiger partial charge in [0.15, 0.2) is 0 Å². The normalized spacial score (nSPS) is 14.3. The molecular weight excluding hydrogens is 251 g/mol. The zero-order valence-electron chi connectivity index (χ0n) is 11.6. The molecule has 0 aliphatic carbocycles. The monoisotopic (exact) mass is 272 g/mol. The van der Waals surface area contributed by atoms with Crippen LogP contribution in [0.4, 0.5) is 0 Å². The largest absolute Gasteiger partial charge is 0.318 e. The second-order valence-electron chi connectivity index (χ2n) is 5.45. The second kappa shape index (κ2) is 6.21. The second-order valence-corrected chi connectivity index (χ2v) is 8.42. The van der Waals surface area contributed by atoms with E-state index >= 15 is 0 Å². The highest BCUT2D eigenvalue weighted by Gasteiger charge is 2.25. The van der Waals surface area contributed by atoms with Crippen molar-refractivity contribution in [3.63, 3.8) is 0 Å². The van der Waals surface area contributed by atoms with Crippen molar-refractivity contribution in [1.29, 1.82) is 0 Å². The van der Waals surface area contributed by atoms with Gasteiger partial charge in [0.25, 0.3) is 0 Å². The summed E-state index contributed by atoms with van der Waals surface area (Å²) in [6, 6.07) is 20.1. The van der Waals surface area contributed by atoms with E-state index in [9.17, 15) is 4.57 Å². The highest BCUT2D eigenvalue weighted by Crippen LogP contribution is 2.49. The molecule has 19 heavy (non-hydrogen) atoms. The summed E-state index contributed by atoms with van der Waals surface area (Å²) in [6.45, 7) is 4.28. The molecule has 0 saturated heterocycles. The predicted octanol–water partition coefficient (Wildman–Crippen LogP) is 4.53. The summed E-state index contributed by atoms with van der Waals surface area (Å²) in [5.41, 5.74) is 1.16. The minimum absolute atomic E-state index is 0.440. The summed E-state index contributed by atoms with van der Waals surface area (Å²) >= 11 is 0. The van der Waals surface area contributed by atoms with Crippen molar-refractivity contribution in [2.24, 2.45) is 5.92 Å². The zero-order valence-corrected chi connectivity index (χ0v) is 12.5. The van der Waals surface area contributed by atoms with Gasteiger partial charge >= 0.3 is 0 Å². The SMILES string of the molecule is CC(C)CP(=O)(Cc1ccccc1)c1ccccc1. The summed E-state index contributed by atoms with van der Waals surface area (Å²) in [7, 11) is -2.35. The smallest absolute Gasteiger partial charge is 0.120 e. The minimum Gasteiger partial charge on any atom is -0.318 e. The van der Waals surface area contributed by atoms with Crippen molar-refractivity contribution < 1.29 is 4.57 Å². The van der Waals surface area contributed by atoms with Crippen molar-refractivity contribution in [1.82, 2.24) is 0 Å².